The van der Waals surface area contributed by atoms with Crippen LogP contribution in [0.4, 0.5) is 4.39 Å². The molecule has 0 radical (unpaired) electrons. The standard InChI is InChI=1S/C15H17FN2O3/c1-2-21-15(20)10-13(11-6-3-4-7-12(11)16)17-18-9-5-8-14(18)19/h3-4,6-7H,2,5,8-10H2,1H3/b17-13-. The number of esters is 1. The molecule has 1 saturated heterocycles. The zero-order valence-electron chi connectivity index (χ0n) is 11.8. The molecule has 1 amide bonds. The number of carbonyl (C=O) groups is 2. The van der Waals surface area contributed by atoms with Crippen molar-refractivity contribution in [3.63, 3.8) is 0 Å². The third-order valence-electron chi connectivity index (χ3n) is 3.09. The second-order valence-corrected chi connectivity index (χ2v) is 4.63. The maximum atomic E-state index is 13.9. The van der Waals surface area contributed by atoms with Crippen molar-refractivity contribution < 1.29 is 18.7 Å². The largest absolute Gasteiger partial charge is 0.466 e. The highest BCUT2D eigenvalue weighted by Crippen LogP contribution is 2.15. The van der Waals surface area contributed by atoms with Gasteiger partial charge in [0.1, 0.15) is 5.82 Å². The second-order valence-electron chi connectivity index (χ2n) is 4.63. The molecule has 0 N–H and O–H groups in total. The Bertz CT molecular complexity index is 572. The first kappa shape index (κ1) is 15.2. The maximum Gasteiger partial charge on any atom is 0.311 e. The summed E-state index contributed by atoms with van der Waals surface area (Å²) in [4.78, 5) is 23.3. The molecule has 1 heterocycles. The van der Waals surface area contributed by atoms with Gasteiger partial charge >= 0.3 is 5.97 Å². The fraction of sp³-hybridized carbons (Fsp3) is 0.400. The summed E-state index contributed by atoms with van der Waals surface area (Å²) in [6, 6.07) is 6.04. The van der Waals surface area contributed by atoms with Crippen LogP contribution in [0.1, 0.15) is 31.7 Å². The van der Waals surface area contributed by atoms with Crippen LogP contribution >= 0.6 is 0 Å². The Labute approximate surface area is 122 Å². The Kier molecular flexibility index (Phi) is 5.03. The van der Waals surface area contributed by atoms with Gasteiger partial charge in [0, 0.05) is 18.5 Å². The molecule has 0 atom stereocenters. The predicted octanol–water partition coefficient (Wildman–Crippen LogP) is 2.11. The van der Waals surface area contributed by atoms with Crippen molar-refractivity contribution in [1.29, 1.82) is 0 Å². The van der Waals surface area contributed by atoms with Gasteiger partial charge in [0.2, 0.25) is 5.91 Å². The number of nitrogens with zero attached hydrogens (tertiary/aromatic N) is 2. The van der Waals surface area contributed by atoms with Crippen molar-refractivity contribution in [1.82, 2.24) is 5.01 Å². The molecule has 0 saturated carbocycles. The van der Waals surface area contributed by atoms with E-state index in [0.29, 0.717) is 19.4 Å². The Hall–Kier alpha value is -2.24. The number of ether oxygens (including phenoxy) is 1. The molecule has 0 spiro atoms. The van der Waals surface area contributed by atoms with E-state index in [2.05, 4.69) is 5.10 Å². The molecule has 1 aliphatic heterocycles. The smallest absolute Gasteiger partial charge is 0.311 e. The second kappa shape index (κ2) is 6.97. The highest BCUT2D eigenvalue weighted by molar-refractivity contribution is 6.09. The van der Waals surface area contributed by atoms with E-state index in [1.54, 1.807) is 19.1 Å². The molecular weight excluding hydrogens is 275 g/mol. The zero-order valence-corrected chi connectivity index (χ0v) is 11.8. The van der Waals surface area contributed by atoms with Gasteiger partial charge < -0.3 is 4.74 Å². The normalized spacial score (nSPS) is 15.4. The zero-order chi connectivity index (χ0) is 15.2. The summed E-state index contributed by atoms with van der Waals surface area (Å²) < 4.78 is 18.8. The minimum Gasteiger partial charge on any atom is -0.466 e. The number of hydrazone groups is 1. The molecule has 0 bridgehead atoms. The van der Waals surface area contributed by atoms with Gasteiger partial charge in [-0.05, 0) is 19.4 Å². The van der Waals surface area contributed by atoms with Crippen molar-refractivity contribution in [3.05, 3.63) is 35.6 Å². The molecule has 1 aromatic rings. The molecule has 21 heavy (non-hydrogen) atoms. The van der Waals surface area contributed by atoms with Crippen LogP contribution in [-0.4, -0.2) is 35.7 Å². The highest BCUT2D eigenvalue weighted by atomic mass is 19.1. The highest BCUT2D eigenvalue weighted by Gasteiger charge is 2.22. The molecular formula is C15H17FN2O3. The van der Waals surface area contributed by atoms with Gasteiger partial charge in [-0.1, -0.05) is 18.2 Å². The average Bonchev–Trinajstić information content (AvgIpc) is 2.84. The van der Waals surface area contributed by atoms with E-state index in [1.165, 1.54) is 17.1 Å². The summed E-state index contributed by atoms with van der Waals surface area (Å²) in [6.45, 7) is 2.42. The Morgan fingerprint density at radius 3 is 2.81 bits per heavy atom. The van der Waals surface area contributed by atoms with E-state index in [1.807, 2.05) is 0 Å². The van der Waals surface area contributed by atoms with Crippen LogP contribution in [0.15, 0.2) is 29.4 Å². The Morgan fingerprint density at radius 1 is 1.43 bits per heavy atom. The van der Waals surface area contributed by atoms with Crippen LogP contribution in [0.5, 0.6) is 0 Å². The van der Waals surface area contributed by atoms with Gasteiger partial charge in [-0.2, -0.15) is 5.10 Å². The predicted molar refractivity (Wildman–Crippen MR) is 75.1 cm³/mol. The van der Waals surface area contributed by atoms with Crippen molar-refractivity contribution >= 4 is 17.6 Å². The number of hydrogen-bond donors (Lipinski definition) is 0. The van der Waals surface area contributed by atoms with E-state index in [9.17, 15) is 14.0 Å². The van der Waals surface area contributed by atoms with Gasteiger partial charge in [0.15, 0.2) is 0 Å². The third kappa shape index (κ3) is 3.87. The lowest BCUT2D eigenvalue weighted by atomic mass is 10.1. The van der Waals surface area contributed by atoms with Gasteiger partial charge in [0.05, 0.1) is 18.7 Å². The molecule has 1 fully saturated rings. The third-order valence-corrected chi connectivity index (χ3v) is 3.09. The van der Waals surface area contributed by atoms with E-state index in [4.69, 9.17) is 4.74 Å². The lowest BCUT2D eigenvalue weighted by molar-refractivity contribution is -0.141. The number of benzene rings is 1. The number of amides is 1. The quantitative estimate of drug-likeness (QED) is 0.617. The molecule has 0 unspecified atom stereocenters. The number of halogens is 1. The lowest BCUT2D eigenvalue weighted by Gasteiger charge is -2.13. The summed E-state index contributed by atoms with van der Waals surface area (Å²) >= 11 is 0. The minimum atomic E-state index is -0.494. The lowest BCUT2D eigenvalue weighted by Crippen LogP contribution is -2.23. The minimum absolute atomic E-state index is 0.118. The molecule has 1 aromatic carbocycles. The number of hydrogen-bond acceptors (Lipinski definition) is 4. The molecule has 5 nitrogen and oxygen atoms in total. The fourth-order valence-electron chi connectivity index (χ4n) is 2.11. The SMILES string of the molecule is CCOC(=O)C/C(=N/N1CCCC1=O)c1ccccc1F. The molecule has 1 aliphatic rings. The fourth-order valence-corrected chi connectivity index (χ4v) is 2.11. The molecule has 112 valence electrons. The topological polar surface area (TPSA) is 59.0 Å². The van der Waals surface area contributed by atoms with Gasteiger partial charge in [-0.15, -0.1) is 0 Å². The van der Waals surface area contributed by atoms with Crippen molar-refractivity contribution in [2.75, 3.05) is 13.2 Å². The average molecular weight is 292 g/mol. The van der Waals surface area contributed by atoms with Crippen LogP contribution < -0.4 is 0 Å². The first-order valence-electron chi connectivity index (χ1n) is 6.90. The number of carbonyl (C=O) groups excluding carboxylic acids is 2. The van der Waals surface area contributed by atoms with E-state index in [-0.39, 0.29) is 30.2 Å². The molecule has 6 heteroatoms. The molecule has 0 aliphatic carbocycles. The van der Waals surface area contributed by atoms with Crippen LogP contribution in [0.3, 0.4) is 0 Å². The first-order valence-corrected chi connectivity index (χ1v) is 6.90. The maximum absolute atomic E-state index is 13.9. The molecule has 0 aromatic heterocycles. The van der Waals surface area contributed by atoms with E-state index < -0.39 is 11.8 Å². The summed E-state index contributed by atoms with van der Waals surface area (Å²) in [5.41, 5.74) is 0.423. The van der Waals surface area contributed by atoms with Crippen molar-refractivity contribution in [2.24, 2.45) is 5.10 Å². The van der Waals surface area contributed by atoms with Crippen LogP contribution in [-0.2, 0) is 14.3 Å². The summed E-state index contributed by atoms with van der Waals surface area (Å²) in [6.07, 6.45) is 0.971. The summed E-state index contributed by atoms with van der Waals surface area (Å²) in [5.74, 6) is -1.09. The molecule has 2 rings (SSSR count). The Balaban J connectivity index is 2.30. The summed E-state index contributed by atoms with van der Waals surface area (Å²) in [5, 5.41) is 5.46. The summed E-state index contributed by atoms with van der Waals surface area (Å²) in [7, 11) is 0. The van der Waals surface area contributed by atoms with Gasteiger partial charge in [0.25, 0.3) is 0 Å². The van der Waals surface area contributed by atoms with Gasteiger partial charge in [-0.25, -0.2) is 9.40 Å². The number of rotatable bonds is 5. The van der Waals surface area contributed by atoms with Crippen LogP contribution in [0.25, 0.3) is 0 Å². The van der Waals surface area contributed by atoms with Crippen molar-refractivity contribution in [2.45, 2.75) is 26.2 Å². The van der Waals surface area contributed by atoms with Crippen LogP contribution in [0, 0.1) is 5.82 Å². The van der Waals surface area contributed by atoms with E-state index in [0.717, 1.165) is 0 Å². The monoisotopic (exact) mass is 292 g/mol. The van der Waals surface area contributed by atoms with Crippen molar-refractivity contribution in [3.8, 4) is 0 Å². The van der Waals surface area contributed by atoms with Gasteiger partial charge in [-0.3, -0.25) is 9.59 Å². The first-order chi connectivity index (χ1) is 10.1. The Morgan fingerprint density at radius 2 is 2.19 bits per heavy atom. The van der Waals surface area contributed by atoms with Crippen LogP contribution in [0.2, 0.25) is 0 Å². The van der Waals surface area contributed by atoms with E-state index >= 15 is 0 Å².